The molecule has 1 aromatic heterocycles. The number of rotatable bonds is 5. The lowest BCUT2D eigenvalue weighted by molar-refractivity contribution is -0.384. The lowest BCUT2D eigenvalue weighted by Gasteiger charge is -2.03. The number of amides is 1. The van der Waals surface area contributed by atoms with Crippen LogP contribution >= 0.6 is 22.9 Å². The fourth-order valence-electron chi connectivity index (χ4n) is 1.58. The van der Waals surface area contributed by atoms with Crippen LogP contribution in [-0.4, -0.2) is 21.8 Å². The van der Waals surface area contributed by atoms with Crippen molar-refractivity contribution >= 4 is 45.6 Å². The minimum Gasteiger partial charge on any atom is -0.456 e. The third-order valence-corrected chi connectivity index (χ3v) is 3.69. The average molecular weight is 356 g/mol. The Bertz CT molecular complexity index is 777. The number of anilines is 1. The summed E-state index contributed by atoms with van der Waals surface area (Å²) in [7, 11) is 0. The second kappa shape index (κ2) is 7.16. The third kappa shape index (κ3) is 4.47. The molecule has 2 aromatic rings. The van der Waals surface area contributed by atoms with Crippen molar-refractivity contribution in [3.63, 3.8) is 0 Å². The van der Waals surface area contributed by atoms with Crippen LogP contribution in [0.25, 0.3) is 0 Å². The molecule has 8 nitrogen and oxygen atoms in total. The molecule has 1 N–H and O–H groups in total. The Morgan fingerprint density at radius 2 is 2.22 bits per heavy atom. The van der Waals surface area contributed by atoms with E-state index in [0.717, 1.165) is 6.07 Å². The van der Waals surface area contributed by atoms with Gasteiger partial charge in [-0.25, -0.2) is 9.78 Å². The minimum atomic E-state index is -0.737. The molecule has 1 amide bonds. The second-order valence-electron chi connectivity index (χ2n) is 4.32. The van der Waals surface area contributed by atoms with Gasteiger partial charge >= 0.3 is 5.97 Å². The largest absolute Gasteiger partial charge is 0.456 e. The van der Waals surface area contributed by atoms with Gasteiger partial charge in [-0.15, -0.1) is 11.3 Å². The number of nitrogens with zero attached hydrogens (tertiary/aromatic N) is 2. The predicted octanol–water partition coefficient (Wildman–Crippen LogP) is 3.02. The van der Waals surface area contributed by atoms with Crippen molar-refractivity contribution in [2.45, 2.75) is 13.5 Å². The average Bonchev–Trinajstić information content (AvgIpc) is 2.91. The zero-order valence-electron chi connectivity index (χ0n) is 11.7. The van der Waals surface area contributed by atoms with Crippen molar-refractivity contribution in [1.82, 2.24) is 4.98 Å². The topological polar surface area (TPSA) is 111 Å². The molecule has 2 rings (SSSR count). The molecule has 1 aromatic carbocycles. The molecule has 0 atom stereocenters. The highest BCUT2D eigenvalue weighted by molar-refractivity contribution is 7.13. The number of nitro benzene ring substituents is 1. The third-order valence-electron chi connectivity index (χ3n) is 2.56. The molecule has 10 heteroatoms. The van der Waals surface area contributed by atoms with E-state index in [-0.39, 0.29) is 28.8 Å². The lowest BCUT2D eigenvalue weighted by Crippen LogP contribution is -2.07. The van der Waals surface area contributed by atoms with Gasteiger partial charge in [-0.1, -0.05) is 11.6 Å². The predicted molar refractivity (Wildman–Crippen MR) is 83.6 cm³/mol. The van der Waals surface area contributed by atoms with Crippen LogP contribution in [0.4, 0.5) is 10.8 Å². The van der Waals surface area contributed by atoms with Crippen molar-refractivity contribution in [2.24, 2.45) is 0 Å². The van der Waals surface area contributed by atoms with Gasteiger partial charge in [0.15, 0.2) is 5.13 Å². The van der Waals surface area contributed by atoms with E-state index in [1.165, 1.54) is 30.4 Å². The molecule has 0 bridgehead atoms. The molecule has 0 saturated carbocycles. The highest BCUT2D eigenvalue weighted by Gasteiger charge is 2.17. The van der Waals surface area contributed by atoms with Gasteiger partial charge in [0.1, 0.15) is 11.6 Å². The first-order valence-electron chi connectivity index (χ1n) is 6.20. The smallest absolute Gasteiger partial charge is 0.338 e. The van der Waals surface area contributed by atoms with Crippen LogP contribution in [0, 0.1) is 10.1 Å². The maximum Gasteiger partial charge on any atom is 0.338 e. The number of hydrogen-bond acceptors (Lipinski definition) is 7. The summed E-state index contributed by atoms with van der Waals surface area (Å²) in [6.45, 7) is 1.24. The van der Waals surface area contributed by atoms with Crippen molar-refractivity contribution < 1.29 is 19.2 Å². The van der Waals surface area contributed by atoms with Gasteiger partial charge in [0.05, 0.1) is 16.2 Å². The van der Waals surface area contributed by atoms with Crippen molar-refractivity contribution in [1.29, 1.82) is 0 Å². The highest BCUT2D eigenvalue weighted by Crippen LogP contribution is 2.25. The van der Waals surface area contributed by atoms with Gasteiger partial charge in [0.2, 0.25) is 5.91 Å². The number of aromatic nitrogens is 1. The SMILES string of the molecule is CC(=O)Nc1nc(COC(=O)c2ccc(Cl)c([N+](=O)[O-])c2)cs1. The Kier molecular flexibility index (Phi) is 5.24. The van der Waals surface area contributed by atoms with Gasteiger partial charge in [0, 0.05) is 18.4 Å². The zero-order valence-corrected chi connectivity index (χ0v) is 13.3. The fraction of sp³-hybridized carbons (Fsp3) is 0.154. The van der Waals surface area contributed by atoms with Crippen LogP contribution in [0.1, 0.15) is 23.0 Å². The first-order valence-corrected chi connectivity index (χ1v) is 7.45. The van der Waals surface area contributed by atoms with Gasteiger partial charge in [-0.2, -0.15) is 0 Å². The molecule has 0 saturated heterocycles. The molecule has 0 fully saturated rings. The van der Waals surface area contributed by atoms with E-state index < -0.39 is 10.9 Å². The van der Waals surface area contributed by atoms with Gasteiger partial charge in [0.25, 0.3) is 5.69 Å². The summed E-state index contributed by atoms with van der Waals surface area (Å²) >= 11 is 6.87. The Hall–Kier alpha value is -2.52. The number of carbonyl (C=O) groups is 2. The van der Waals surface area contributed by atoms with Gasteiger partial charge < -0.3 is 10.1 Å². The van der Waals surface area contributed by atoms with Gasteiger partial charge in [-0.3, -0.25) is 14.9 Å². The number of benzene rings is 1. The molecule has 0 aliphatic rings. The number of hydrogen-bond donors (Lipinski definition) is 1. The standard InChI is InChI=1S/C13H10ClN3O5S/c1-7(18)15-13-16-9(6-23-13)5-22-12(19)8-2-3-10(14)11(4-8)17(20)21/h2-4,6H,5H2,1H3,(H,15,16,18). The summed E-state index contributed by atoms with van der Waals surface area (Å²) in [6.07, 6.45) is 0. The van der Waals surface area contributed by atoms with E-state index in [1.807, 2.05) is 0 Å². The van der Waals surface area contributed by atoms with E-state index >= 15 is 0 Å². The van der Waals surface area contributed by atoms with Crippen molar-refractivity contribution in [3.8, 4) is 0 Å². The maximum atomic E-state index is 11.9. The number of ether oxygens (including phenoxy) is 1. The lowest BCUT2D eigenvalue weighted by atomic mass is 10.2. The molecule has 0 spiro atoms. The minimum absolute atomic E-state index is 0.0124. The number of nitro groups is 1. The Morgan fingerprint density at radius 1 is 1.48 bits per heavy atom. The molecular weight excluding hydrogens is 346 g/mol. The van der Waals surface area contributed by atoms with E-state index in [2.05, 4.69) is 10.3 Å². The van der Waals surface area contributed by atoms with Crippen molar-refractivity contribution in [2.75, 3.05) is 5.32 Å². The highest BCUT2D eigenvalue weighted by atomic mass is 35.5. The van der Waals surface area contributed by atoms with Crippen molar-refractivity contribution in [3.05, 3.63) is 50.0 Å². The van der Waals surface area contributed by atoms with Crippen LogP contribution in [-0.2, 0) is 16.1 Å². The molecule has 0 unspecified atom stereocenters. The number of thiazole rings is 1. The molecule has 0 aliphatic heterocycles. The molecular formula is C13H10ClN3O5S. The maximum absolute atomic E-state index is 11.9. The Morgan fingerprint density at radius 3 is 2.87 bits per heavy atom. The van der Waals surface area contributed by atoms with Gasteiger partial charge in [-0.05, 0) is 12.1 Å². The summed E-state index contributed by atoms with van der Waals surface area (Å²) in [6, 6.07) is 3.64. The molecule has 1 heterocycles. The number of carbonyl (C=O) groups excluding carboxylic acids is 2. The summed E-state index contributed by atoms with van der Waals surface area (Å²) in [5, 5.41) is 15.3. The van der Waals surface area contributed by atoms with E-state index in [1.54, 1.807) is 5.38 Å². The monoisotopic (exact) mass is 355 g/mol. The van der Waals surface area contributed by atoms with E-state index in [9.17, 15) is 19.7 Å². The quantitative estimate of drug-likeness (QED) is 0.501. The van der Waals surface area contributed by atoms with Crippen LogP contribution in [0.5, 0.6) is 0 Å². The number of esters is 1. The first kappa shape index (κ1) is 16.8. The molecule has 0 radical (unpaired) electrons. The number of nitrogens with one attached hydrogen (secondary N) is 1. The summed E-state index contributed by atoms with van der Waals surface area (Å²) in [5.41, 5.74) is 0.0942. The van der Waals surface area contributed by atoms with Crippen LogP contribution < -0.4 is 5.32 Å². The summed E-state index contributed by atoms with van der Waals surface area (Å²) in [4.78, 5) is 37.0. The van der Waals surface area contributed by atoms with E-state index in [4.69, 9.17) is 16.3 Å². The molecule has 23 heavy (non-hydrogen) atoms. The second-order valence-corrected chi connectivity index (χ2v) is 5.59. The van der Waals surface area contributed by atoms with Crippen LogP contribution in [0.2, 0.25) is 5.02 Å². The Labute approximate surface area is 139 Å². The van der Waals surface area contributed by atoms with E-state index in [0.29, 0.717) is 10.8 Å². The first-order chi connectivity index (χ1) is 10.9. The normalized spacial score (nSPS) is 10.2. The summed E-state index contributed by atoms with van der Waals surface area (Å²) < 4.78 is 5.03. The molecule has 120 valence electrons. The van der Waals surface area contributed by atoms with Crippen LogP contribution in [0.15, 0.2) is 23.6 Å². The van der Waals surface area contributed by atoms with Crippen LogP contribution in [0.3, 0.4) is 0 Å². The number of halogens is 1. The zero-order chi connectivity index (χ0) is 17.0. The summed E-state index contributed by atoms with van der Waals surface area (Å²) in [5.74, 6) is -0.991. The Balaban J connectivity index is 2.02. The molecule has 0 aliphatic carbocycles. The fourth-order valence-corrected chi connectivity index (χ4v) is 2.51.